The number of carbonyl (C=O) groups is 2. The van der Waals surface area contributed by atoms with E-state index in [9.17, 15) is 9.59 Å². The van der Waals surface area contributed by atoms with Crippen LogP contribution >= 0.6 is 0 Å². The molecule has 1 aromatic carbocycles. The van der Waals surface area contributed by atoms with Crippen LogP contribution in [0, 0.1) is 0 Å². The molecule has 1 aliphatic rings. The Morgan fingerprint density at radius 2 is 1.87 bits per heavy atom. The predicted molar refractivity (Wildman–Crippen MR) is 86.1 cm³/mol. The maximum atomic E-state index is 12.6. The Morgan fingerprint density at radius 3 is 2.43 bits per heavy atom. The summed E-state index contributed by atoms with van der Waals surface area (Å²) >= 11 is 0. The number of ether oxygens (including phenoxy) is 2. The van der Waals surface area contributed by atoms with Crippen LogP contribution < -0.4 is 10.6 Å². The molecule has 2 N–H and O–H groups in total. The lowest BCUT2D eigenvalue weighted by molar-refractivity contribution is -0.147. The van der Waals surface area contributed by atoms with Gasteiger partial charge >= 0.3 is 5.97 Å². The lowest BCUT2D eigenvalue weighted by Crippen LogP contribution is -2.54. The van der Waals surface area contributed by atoms with Crippen molar-refractivity contribution in [2.45, 2.75) is 24.4 Å². The molecule has 1 amide bonds. The SMILES string of the molecule is COC(=O)C(CNC(=O)C1(OC)CCNCC1)c1ccccc1. The van der Waals surface area contributed by atoms with E-state index in [1.165, 1.54) is 7.11 Å². The first-order valence-electron chi connectivity index (χ1n) is 7.80. The van der Waals surface area contributed by atoms with Gasteiger partial charge in [0.15, 0.2) is 0 Å². The zero-order valence-corrected chi connectivity index (χ0v) is 13.6. The maximum Gasteiger partial charge on any atom is 0.314 e. The summed E-state index contributed by atoms with van der Waals surface area (Å²) in [6, 6.07) is 9.30. The van der Waals surface area contributed by atoms with Crippen LogP contribution in [-0.2, 0) is 19.1 Å². The van der Waals surface area contributed by atoms with E-state index in [1.54, 1.807) is 7.11 Å². The highest BCUT2D eigenvalue weighted by atomic mass is 16.5. The molecule has 23 heavy (non-hydrogen) atoms. The highest BCUT2D eigenvalue weighted by Gasteiger charge is 2.40. The molecule has 0 radical (unpaired) electrons. The van der Waals surface area contributed by atoms with E-state index >= 15 is 0 Å². The zero-order valence-electron chi connectivity index (χ0n) is 13.6. The van der Waals surface area contributed by atoms with Crippen LogP contribution in [0.25, 0.3) is 0 Å². The molecule has 0 aliphatic carbocycles. The van der Waals surface area contributed by atoms with Crippen molar-refractivity contribution in [3.8, 4) is 0 Å². The van der Waals surface area contributed by atoms with Gasteiger partial charge in [-0.3, -0.25) is 9.59 Å². The summed E-state index contributed by atoms with van der Waals surface area (Å²) in [5, 5.41) is 6.08. The number of esters is 1. The molecule has 1 fully saturated rings. The van der Waals surface area contributed by atoms with Gasteiger partial charge in [0.25, 0.3) is 5.91 Å². The average molecular weight is 320 g/mol. The van der Waals surface area contributed by atoms with Crippen molar-refractivity contribution in [2.24, 2.45) is 0 Å². The summed E-state index contributed by atoms with van der Waals surface area (Å²) in [5.41, 5.74) is -0.000721. The van der Waals surface area contributed by atoms with E-state index in [0.29, 0.717) is 12.8 Å². The van der Waals surface area contributed by atoms with Gasteiger partial charge in [-0.2, -0.15) is 0 Å². The van der Waals surface area contributed by atoms with Crippen molar-refractivity contribution in [1.29, 1.82) is 0 Å². The van der Waals surface area contributed by atoms with Gasteiger partial charge in [0, 0.05) is 13.7 Å². The Kier molecular flexibility index (Phi) is 6.12. The second-order valence-corrected chi connectivity index (χ2v) is 5.64. The number of nitrogens with one attached hydrogen (secondary N) is 2. The van der Waals surface area contributed by atoms with Crippen LogP contribution in [0.4, 0.5) is 0 Å². The first-order valence-corrected chi connectivity index (χ1v) is 7.80. The third-order valence-electron chi connectivity index (χ3n) is 4.37. The molecule has 126 valence electrons. The first-order chi connectivity index (χ1) is 11.1. The Labute approximate surface area is 136 Å². The molecule has 1 atom stereocenters. The Balaban J connectivity index is 2.06. The van der Waals surface area contributed by atoms with E-state index in [4.69, 9.17) is 9.47 Å². The van der Waals surface area contributed by atoms with Crippen molar-refractivity contribution in [3.63, 3.8) is 0 Å². The number of carbonyl (C=O) groups excluding carboxylic acids is 2. The summed E-state index contributed by atoms with van der Waals surface area (Å²) < 4.78 is 10.4. The van der Waals surface area contributed by atoms with E-state index in [0.717, 1.165) is 18.7 Å². The van der Waals surface area contributed by atoms with Crippen LogP contribution in [0.2, 0.25) is 0 Å². The van der Waals surface area contributed by atoms with Gasteiger partial charge in [-0.05, 0) is 31.5 Å². The van der Waals surface area contributed by atoms with E-state index in [2.05, 4.69) is 10.6 Å². The van der Waals surface area contributed by atoms with Gasteiger partial charge in [0.2, 0.25) is 0 Å². The molecule has 0 spiro atoms. The summed E-state index contributed by atoms with van der Waals surface area (Å²) in [4.78, 5) is 24.6. The molecule has 1 aliphatic heterocycles. The summed E-state index contributed by atoms with van der Waals surface area (Å²) in [5.74, 6) is -1.07. The fourth-order valence-electron chi connectivity index (χ4n) is 2.88. The Morgan fingerprint density at radius 1 is 1.22 bits per heavy atom. The normalized spacial score (nSPS) is 18.0. The van der Waals surface area contributed by atoms with Crippen molar-refractivity contribution in [1.82, 2.24) is 10.6 Å². The standard InChI is InChI=1S/C17H24N2O4/c1-22-15(20)14(13-6-4-3-5-7-13)12-19-16(21)17(23-2)8-10-18-11-9-17/h3-7,14,18H,8-12H2,1-2H3,(H,19,21). The third-order valence-corrected chi connectivity index (χ3v) is 4.37. The zero-order chi connectivity index (χ0) is 16.7. The van der Waals surface area contributed by atoms with Crippen LogP contribution in [0.5, 0.6) is 0 Å². The van der Waals surface area contributed by atoms with Crippen molar-refractivity contribution in [3.05, 3.63) is 35.9 Å². The van der Waals surface area contributed by atoms with Crippen LogP contribution in [0.1, 0.15) is 24.3 Å². The van der Waals surface area contributed by atoms with Crippen molar-refractivity contribution >= 4 is 11.9 Å². The number of methoxy groups -OCH3 is 2. The van der Waals surface area contributed by atoms with E-state index in [1.807, 2.05) is 30.3 Å². The number of hydrogen-bond acceptors (Lipinski definition) is 5. The molecule has 1 unspecified atom stereocenters. The van der Waals surface area contributed by atoms with Crippen LogP contribution in [0.3, 0.4) is 0 Å². The smallest absolute Gasteiger partial charge is 0.314 e. The second-order valence-electron chi connectivity index (χ2n) is 5.64. The van der Waals surface area contributed by atoms with E-state index < -0.39 is 11.5 Å². The average Bonchev–Trinajstić information content (AvgIpc) is 2.62. The highest BCUT2D eigenvalue weighted by molar-refractivity contribution is 5.86. The van der Waals surface area contributed by atoms with Gasteiger partial charge < -0.3 is 20.1 Å². The molecule has 1 aromatic rings. The summed E-state index contributed by atoms with van der Waals surface area (Å²) in [6.45, 7) is 1.66. The monoisotopic (exact) mass is 320 g/mol. The second kappa shape index (κ2) is 8.08. The molecule has 0 aromatic heterocycles. The highest BCUT2D eigenvalue weighted by Crippen LogP contribution is 2.23. The molecular formula is C17H24N2O4. The molecular weight excluding hydrogens is 296 g/mol. The third kappa shape index (κ3) is 4.09. The number of rotatable bonds is 6. The summed E-state index contributed by atoms with van der Waals surface area (Å²) in [7, 11) is 2.91. The fraction of sp³-hybridized carbons (Fsp3) is 0.529. The number of piperidine rings is 1. The van der Waals surface area contributed by atoms with Gasteiger partial charge in [-0.15, -0.1) is 0 Å². The minimum atomic E-state index is -0.817. The quantitative estimate of drug-likeness (QED) is 0.759. The Bertz CT molecular complexity index is 527. The van der Waals surface area contributed by atoms with Gasteiger partial charge in [-0.25, -0.2) is 0 Å². The number of benzene rings is 1. The number of amides is 1. The Hall–Kier alpha value is -1.92. The predicted octanol–water partition coefficient (Wildman–Crippen LogP) is 0.828. The molecule has 2 rings (SSSR count). The molecule has 6 heteroatoms. The fourth-order valence-corrected chi connectivity index (χ4v) is 2.88. The van der Waals surface area contributed by atoms with Gasteiger partial charge in [-0.1, -0.05) is 30.3 Å². The van der Waals surface area contributed by atoms with Gasteiger partial charge in [0.1, 0.15) is 5.60 Å². The van der Waals surface area contributed by atoms with Crippen molar-refractivity contribution < 1.29 is 19.1 Å². The largest absolute Gasteiger partial charge is 0.468 e. The topological polar surface area (TPSA) is 76.7 Å². The molecule has 1 saturated heterocycles. The maximum absolute atomic E-state index is 12.6. The minimum absolute atomic E-state index is 0.175. The minimum Gasteiger partial charge on any atom is -0.468 e. The number of hydrogen-bond donors (Lipinski definition) is 2. The lowest BCUT2D eigenvalue weighted by Gasteiger charge is -2.35. The summed E-state index contributed by atoms with van der Waals surface area (Å²) in [6.07, 6.45) is 1.23. The van der Waals surface area contributed by atoms with Crippen LogP contribution in [0.15, 0.2) is 30.3 Å². The van der Waals surface area contributed by atoms with Crippen molar-refractivity contribution in [2.75, 3.05) is 33.9 Å². The molecule has 1 heterocycles. The molecule has 0 bridgehead atoms. The first kappa shape index (κ1) is 17.4. The van der Waals surface area contributed by atoms with Crippen LogP contribution in [-0.4, -0.2) is 51.3 Å². The molecule has 6 nitrogen and oxygen atoms in total. The lowest BCUT2D eigenvalue weighted by atomic mass is 9.90. The van der Waals surface area contributed by atoms with E-state index in [-0.39, 0.29) is 18.4 Å². The molecule has 0 saturated carbocycles. The van der Waals surface area contributed by atoms with Gasteiger partial charge in [0.05, 0.1) is 13.0 Å².